The molecule has 1 aromatic heterocycles. The number of rotatable bonds is 6. The number of hydrogen-bond acceptors (Lipinski definition) is 4. The molecule has 5 nitrogen and oxygen atoms in total. The quantitative estimate of drug-likeness (QED) is 0.829. The molecule has 1 atom stereocenters. The Morgan fingerprint density at radius 2 is 2.30 bits per heavy atom. The number of thioether (sulfide) groups is 1. The highest BCUT2D eigenvalue weighted by molar-refractivity contribution is 7.99. The minimum atomic E-state index is -0.843. The van der Waals surface area contributed by atoms with Crippen LogP contribution in [0.5, 0.6) is 0 Å². The van der Waals surface area contributed by atoms with E-state index in [9.17, 15) is 4.79 Å². The molecule has 20 heavy (non-hydrogen) atoms. The van der Waals surface area contributed by atoms with Gasteiger partial charge in [0.25, 0.3) is 0 Å². The normalized spacial score (nSPS) is 12.8. The molecule has 0 aliphatic heterocycles. The van der Waals surface area contributed by atoms with E-state index in [0.717, 1.165) is 21.8 Å². The number of aryl methyl sites for hydroxylation is 1. The first-order valence-electron chi connectivity index (χ1n) is 6.35. The molecule has 2 aromatic rings. The third-order valence-electron chi connectivity index (χ3n) is 3.04. The summed E-state index contributed by atoms with van der Waals surface area (Å²) in [6, 6.07) is 6.03. The lowest BCUT2D eigenvalue weighted by molar-refractivity contribution is -0.133. The fraction of sp³-hybridized carbons (Fsp3) is 0.429. The molecule has 1 heterocycles. The predicted octanol–water partition coefficient (Wildman–Crippen LogP) is 2.56. The minimum Gasteiger partial charge on any atom is -0.481 e. The summed E-state index contributed by atoms with van der Waals surface area (Å²) in [4.78, 5) is 15.3. The number of carbonyl (C=O) groups is 1. The Morgan fingerprint density at radius 3 is 2.95 bits per heavy atom. The summed E-state index contributed by atoms with van der Waals surface area (Å²) in [6.07, 6.45) is 0.0390. The van der Waals surface area contributed by atoms with Crippen molar-refractivity contribution >= 4 is 28.8 Å². The summed E-state index contributed by atoms with van der Waals surface area (Å²) in [7, 11) is 1.67. The van der Waals surface area contributed by atoms with Crippen molar-refractivity contribution in [3.05, 3.63) is 23.8 Å². The fourth-order valence-corrected chi connectivity index (χ4v) is 2.70. The van der Waals surface area contributed by atoms with Crippen LogP contribution in [-0.2, 0) is 16.1 Å². The van der Waals surface area contributed by atoms with Gasteiger partial charge in [-0.15, -0.1) is 0 Å². The first kappa shape index (κ1) is 14.9. The molecule has 0 aliphatic carbocycles. The molecule has 6 heteroatoms. The van der Waals surface area contributed by atoms with Gasteiger partial charge in [0, 0.05) is 7.11 Å². The zero-order valence-corrected chi connectivity index (χ0v) is 12.6. The molecule has 0 bridgehead atoms. The number of ether oxygens (including phenoxy) is 1. The smallest absolute Gasteiger partial charge is 0.313 e. The minimum absolute atomic E-state index is 0.00364. The molecular weight excluding hydrogens is 276 g/mol. The topological polar surface area (TPSA) is 64.3 Å². The lowest BCUT2D eigenvalue weighted by atomic mass is 10.2. The van der Waals surface area contributed by atoms with Crippen molar-refractivity contribution < 1.29 is 14.6 Å². The largest absolute Gasteiger partial charge is 0.481 e. The Morgan fingerprint density at radius 1 is 1.55 bits per heavy atom. The van der Waals surface area contributed by atoms with Crippen molar-refractivity contribution in [2.75, 3.05) is 12.9 Å². The van der Waals surface area contributed by atoms with Crippen LogP contribution in [0.15, 0.2) is 23.4 Å². The van der Waals surface area contributed by atoms with Crippen LogP contribution >= 0.6 is 11.8 Å². The number of nitrogens with zero attached hydrogens (tertiary/aromatic N) is 2. The Kier molecular flexibility index (Phi) is 4.67. The molecule has 0 saturated heterocycles. The van der Waals surface area contributed by atoms with Gasteiger partial charge in [-0.1, -0.05) is 17.8 Å². The zero-order valence-electron chi connectivity index (χ0n) is 11.8. The average molecular weight is 294 g/mol. The van der Waals surface area contributed by atoms with Crippen LogP contribution in [0.2, 0.25) is 0 Å². The van der Waals surface area contributed by atoms with Crippen LogP contribution in [0, 0.1) is 6.92 Å². The van der Waals surface area contributed by atoms with E-state index in [1.54, 1.807) is 7.11 Å². The molecule has 0 saturated carbocycles. The molecule has 0 spiro atoms. The Labute approximate surface area is 121 Å². The number of methoxy groups -OCH3 is 1. The van der Waals surface area contributed by atoms with Gasteiger partial charge in [-0.25, -0.2) is 4.98 Å². The zero-order chi connectivity index (χ0) is 14.7. The molecular formula is C14H18N2O3S. The van der Waals surface area contributed by atoms with Crippen LogP contribution in [0.1, 0.15) is 12.5 Å². The van der Waals surface area contributed by atoms with Crippen LogP contribution in [0.25, 0.3) is 11.0 Å². The van der Waals surface area contributed by atoms with Crippen molar-refractivity contribution in [3.8, 4) is 0 Å². The van der Waals surface area contributed by atoms with Crippen molar-refractivity contribution in [1.82, 2.24) is 9.55 Å². The average Bonchev–Trinajstić information content (AvgIpc) is 2.74. The van der Waals surface area contributed by atoms with Crippen LogP contribution in [0.4, 0.5) is 0 Å². The molecule has 108 valence electrons. The first-order valence-corrected chi connectivity index (χ1v) is 7.34. The number of aromatic nitrogens is 2. The summed E-state index contributed by atoms with van der Waals surface area (Å²) in [5.74, 6) is -0.839. The molecule has 0 fully saturated rings. The lowest BCUT2D eigenvalue weighted by Gasteiger charge is -2.13. The van der Waals surface area contributed by atoms with Gasteiger partial charge < -0.3 is 14.4 Å². The van der Waals surface area contributed by atoms with E-state index in [-0.39, 0.29) is 11.9 Å². The Bertz CT molecular complexity index is 624. The maximum Gasteiger partial charge on any atom is 0.313 e. The van der Waals surface area contributed by atoms with Gasteiger partial charge in [0.05, 0.1) is 29.4 Å². The SMILES string of the molecule is COC(C)Cn1c(SCC(=O)O)nc2ccc(C)cc21. The summed E-state index contributed by atoms with van der Waals surface area (Å²) in [5, 5.41) is 9.55. The highest BCUT2D eigenvalue weighted by Gasteiger charge is 2.14. The maximum atomic E-state index is 10.7. The van der Waals surface area contributed by atoms with E-state index in [0.29, 0.717) is 6.54 Å². The summed E-state index contributed by atoms with van der Waals surface area (Å²) < 4.78 is 7.34. The highest BCUT2D eigenvalue weighted by Crippen LogP contribution is 2.25. The molecule has 0 aliphatic rings. The first-order chi connectivity index (χ1) is 9.51. The molecule has 1 N–H and O–H groups in total. The standard InChI is InChI=1S/C14H18N2O3S/c1-9-4-5-11-12(6-9)16(7-10(2)19-3)14(15-11)20-8-13(17)18/h4-6,10H,7-8H2,1-3H3,(H,17,18). The van der Waals surface area contributed by atoms with Gasteiger partial charge in [-0.3, -0.25) is 4.79 Å². The fourth-order valence-electron chi connectivity index (χ4n) is 1.96. The van der Waals surface area contributed by atoms with E-state index in [2.05, 4.69) is 11.1 Å². The van der Waals surface area contributed by atoms with Gasteiger partial charge in [0.2, 0.25) is 0 Å². The van der Waals surface area contributed by atoms with Gasteiger partial charge in [0.15, 0.2) is 5.16 Å². The predicted molar refractivity (Wildman–Crippen MR) is 79.3 cm³/mol. The molecule has 2 rings (SSSR count). The van der Waals surface area contributed by atoms with Crippen molar-refractivity contribution in [2.45, 2.75) is 31.7 Å². The monoisotopic (exact) mass is 294 g/mol. The van der Waals surface area contributed by atoms with Crippen molar-refractivity contribution in [1.29, 1.82) is 0 Å². The van der Waals surface area contributed by atoms with E-state index >= 15 is 0 Å². The van der Waals surface area contributed by atoms with Gasteiger partial charge >= 0.3 is 5.97 Å². The number of fused-ring (bicyclic) bond motifs is 1. The number of carboxylic acid groups (broad SMARTS) is 1. The number of aliphatic carboxylic acids is 1. The number of imidazole rings is 1. The summed E-state index contributed by atoms with van der Waals surface area (Å²) in [6.45, 7) is 4.66. The molecule has 1 unspecified atom stereocenters. The van der Waals surface area contributed by atoms with E-state index in [1.807, 2.05) is 30.5 Å². The second-order valence-electron chi connectivity index (χ2n) is 4.73. The van der Waals surface area contributed by atoms with Crippen LogP contribution in [0.3, 0.4) is 0 Å². The van der Waals surface area contributed by atoms with E-state index in [4.69, 9.17) is 9.84 Å². The van der Waals surface area contributed by atoms with Crippen molar-refractivity contribution in [3.63, 3.8) is 0 Å². The number of benzene rings is 1. The van der Waals surface area contributed by atoms with Gasteiger partial charge in [-0.05, 0) is 31.5 Å². The van der Waals surface area contributed by atoms with Crippen LogP contribution in [-0.4, -0.2) is 39.6 Å². The third-order valence-corrected chi connectivity index (χ3v) is 4.00. The third kappa shape index (κ3) is 3.32. The molecule has 1 aromatic carbocycles. The number of hydrogen-bond donors (Lipinski definition) is 1. The van der Waals surface area contributed by atoms with Gasteiger partial charge in [-0.2, -0.15) is 0 Å². The van der Waals surface area contributed by atoms with Crippen LogP contribution < -0.4 is 0 Å². The molecule has 0 amide bonds. The summed E-state index contributed by atoms with van der Waals surface area (Å²) in [5.41, 5.74) is 3.05. The Hall–Kier alpha value is -1.53. The summed E-state index contributed by atoms with van der Waals surface area (Å²) >= 11 is 1.24. The van der Waals surface area contributed by atoms with Gasteiger partial charge in [0.1, 0.15) is 0 Å². The van der Waals surface area contributed by atoms with Crippen molar-refractivity contribution in [2.24, 2.45) is 0 Å². The molecule has 0 radical (unpaired) electrons. The lowest BCUT2D eigenvalue weighted by Crippen LogP contribution is -2.15. The second-order valence-corrected chi connectivity index (χ2v) is 5.67. The van der Waals surface area contributed by atoms with E-state index < -0.39 is 5.97 Å². The van der Waals surface area contributed by atoms with E-state index in [1.165, 1.54) is 11.8 Å². The number of carboxylic acids is 1. The Balaban J connectivity index is 2.42. The maximum absolute atomic E-state index is 10.7. The highest BCUT2D eigenvalue weighted by atomic mass is 32.2. The second kappa shape index (κ2) is 6.28.